The molecule has 1 atom stereocenters. The zero-order chi connectivity index (χ0) is 18.1. The lowest BCUT2D eigenvalue weighted by Gasteiger charge is -2.30. The van der Waals surface area contributed by atoms with Crippen LogP contribution in [0.4, 0.5) is 0 Å². The van der Waals surface area contributed by atoms with Crippen molar-refractivity contribution in [3.05, 3.63) is 60.8 Å². The van der Waals surface area contributed by atoms with Gasteiger partial charge in [0, 0.05) is 38.6 Å². The standard InChI is InChI=1S/C19H24N4O2/c1-3-10-21-18(20-4-2)19(25)22-12-17(24)14-23-11-9-15-7-5-6-8-16(15)13-23/h3-8,10,17,24H,1-2,9,11-14H2,(H,22,25)/t17-/m1/s1. The summed E-state index contributed by atoms with van der Waals surface area (Å²) in [5.74, 6) is -0.477. The maximum atomic E-state index is 12.0. The van der Waals surface area contributed by atoms with E-state index in [0.717, 1.165) is 19.5 Å². The van der Waals surface area contributed by atoms with Crippen LogP contribution in [0.15, 0.2) is 59.7 Å². The van der Waals surface area contributed by atoms with Crippen LogP contribution in [0, 0.1) is 0 Å². The fourth-order valence-corrected chi connectivity index (χ4v) is 2.72. The third kappa shape index (κ3) is 5.77. The Morgan fingerprint density at radius 1 is 1.36 bits per heavy atom. The number of carbonyl (C=O) groups is 1. The average Bonchev–Trinajstić information content (AvgIpc) is 2.63. The maximum absolute atomic E-state index is 12.0. The molecule has 132 valence electrons. The van der Waals surface area contributed by atoms with E-state index in [9.17, 15) is 9.90 Å². The van der Waals surface area contributed by atoms with Gasteiger partial charge in [0.1, 0.15) is 0 Å². The minimum absolute atomic E-state index is 0.0194. The van der Waals surface area contributed by atoms with Crippen molar-refractivity contribution < 1.29 is 9.90 Å². The minimum Gasteiger partial charge on any atom is -0.390 e. The van der Waals surface area contributed by atoms with Gasteiger partial charge >= 0.3 is 0 Å². The van der Waals surface area contributed by atoms with Gasteiger partial charge in [-0.2, -0.15) is 0 Å². The number of β-amino-alcohol motifs (C(OH)–C–C–N with tert-alkyl or cyclic N) is 1. The molecule has 6 heteroatoms. The van der Waals surface area contributed by atoms with Crippen LogP contribution in [-0.2, 0) is 17.8 Å². The van der Waals surface area contributed by atoms with Crippen LogP contribution in [-0.4, -0.2) is 53.7 Å². The molecule has 0 spiro atoms. The Morgan fingerprint density at radius 2 is 2.12 bits per heavy atom. The molecule has 1 aliphatic heterocycles. The maximum Gasteiger partial charge on any atom is 0.289 e. The van der Waals surface area contributed by atoms with Gasteiger partial charge in [-0.15, -0.1) is 0 Å². The molecule has 0 aliphatic carbocycles. The SMILES string of the molecule is C=CC=NC(=NC=C)C(=O)NC[C@@H](O)CN1CCc2ccccc2C1. The van der Waals surface area contributed by atoms with Crippen LogP contribution in [0.5, 0.6) is 0 Å². The molecule has 0 radical (unpaired) electrons. The third-order valence-electron chi connectivity index (χ3n) is 3.90. The number of fused-ring (bicyclic) bond motifs is 1. The Labute approximate surface area is 148 Å². The Kier molecular flexibility index (Phi) is 7.25. The molecule has 1 aromatic carbocycles. The van der Waals surface area contributed by atoms with Gasteiger partial charge in [0.2, 0.25) is 5.84 Å². The van der Waals surface area contributed by atoms with Crippen LogP contribution >= 0.6 is 0 Å². The smallest absolute Gasteiger partial charge is 0.289 e. The quantitative estimate of drug-likeness (QED) is 0.606. The molecule has 0 aromatic heterocycles. The summed E-state index contributed by atoms with van der Waals surface area (Å²) in [5.41, 5.74) is 2.66. The van der Waals surface area contributed by atoms with E-state index >= 15 is 0 Å². The lowest BCUT2D eigenvalue weighted by atomic mass is 10.00. The Balaban J connectivity index is 1.82. The molecule has 0 unspecified atom stereocenters. The number of carbonyl (C=O) groups excluding carboxylic acids is 1. The summed E-state index contributed by atoms with van der Waals surface area (Å²) in [6.07, 6.45) is 4.39. The first-order valence-corrected chi connectivity index (χ1v) is 8.23. The van der Waals surface area contributed by atoms with Gasteiger partial charge in [0.15, 0.2) is 0 Å². The van der Waals surface area contributed by atoms with Crippen molar-refractivity contribution in [1.82, 2.24) is 10.2 Å². The highest BCUT2D eigenvalue weighted by atomic mass is 16.3. The fourth-order valence-electron chi connectivity index (χ4n) is 2.72. The van der Waals surface area contributed by atoms with E-state index in [1.165, 1.54) is 29.6 Å². The molecule has 0 fully saturated rings. The Hall–Kier alpha value is -2.57. The van der Waals surface area contributed by atoms with Gasteiger partial charge in [-0.05, 0) is 17.5 Å². The van der Waals surface area contributed by atoms with Crippen molar-refractivity contribution in [2.45, 2.75) is 19.1 Å². The van der Waals surface area contributed by atoms with Crippen LogP contribution in [0.25, 0.3) is 0 Å². The van der Waals surface area contributed by atoms with Crippen molar-refractivity contribution in [2.75, 3.05) is 19.6 Å². The molecule has 25 heavy (non-hydrogen) atoms. The van der Waals surface area contributed by atoms with E-state index < -0.39 is 12.0 Å². The van der Waals surface area contributed by atoms with E-state index in [2.05, 4.69) is 51.6 Å². The van der Waals surface area contributed by atoms with E-state index in [4.69, 9.17) is 0 Å². The number of aliphatic hydroxyl groups excluding tert-OH is 1. The third-order valence-corrected chi connectivity index (χ3v) is 3.90. The highest BCUT2D eigenvalue weighted by molar-refractivity contribution is 6.39. The number of aliphatic imine (C=N–C) groups is 2. The van der Waals surface area contributed by atoms with E-state index in [-0.39, 0.29) is 12.4 Å². The zero-order valence-electron chi connectivity index (χ0n) is 14.3. The minimum atomic E-state index is -0.664. The van der Waals surface area contributed by atoms with E-state index in [1.807, 2.05) is 6.07 Å². The molecular formula is C19H24N4O2. The van der Waals surface area contributed by atoms with Crippen LogP contribution < -0.4 is 5.32 Å². The molecule has 2 rings (SSSR count). The molecular weight excluding hydrogens is 316 g/mol. The van der Waals surface area contributed by atoms with Crippen molar-refractivity contribution in [2.24, 2.45) is 9.98 Å². The largest absolute Gasteiger partial charge is 0.390 e. The van der Waals surface area contributed by atoms with Gasteiger partial charge in [-0.25, -0.2) is 9.98 Å². The summed E-state index contributed by atoms with van der Waals surface area (Å²) in [4.78, 5) is 21.9. The second-order valence-electron chi connectivity index (χ2n) is 5.77. The number of amides is 1. The summed E-state index contributed by atoms with van der Waals surface area (Å²) in [6.45, 7) is 9.30. The molecule has 0 bridgehead atoms. The number of hydrogen-bond acceptors (Lipinski definition) is 4. The summed E-state index contributed by atoms with van der Waals surface area (Å²) in [6, 6.07) is 8.35. The number of amidine groups is 1. The van der Waals surface area contributed by atoms with Gasteiger partial charge in [0.25, 0.3) is 5.91 Å². The predicted octanol–water partition coefficient (Wildman–Crippen LogP) is 1.32. The fraction of sp³-hybridized carbons (Fsp3) is 0.316. The lowest BCUT2D eigenvalue weighted by Crippen LogP contribution is -2.43. The first-order chi connectivity index (χ1) is 12.1. The van der Waals surface area contributed by atoms with Gasteiger partial charge in [0.05, 0.1) is 6.10 Å². The number of allylic oxidation sites excluding steroid dienone is 1. The summed E-state index contributed by atoms with van der Waals surface area (Å²) in [7, 11) is 0. The van der Waals surface area contributed by atoms with E-state index in [0.29, 0.717) is 6.54 Å². The second-order valence-corrected chi connectivity index (χ2v) is 5.77. The molecule has 1 heterocycles. The number of nitrogens with zero attached hydrogens (tertiary/aromatic N) is 3. The highest BCUT2D eigenvalue weighted by Gasteiger charge is 2.19. The highest BCUT2D eigenvalue weighted by Crippen LogP contribution is 2.18. The van der Waals surface area contributed by atoms with Crippen molar-refractivity contribution in [3.8, 4) is 0 Å². The van der Waals surface area contributed by atoms with Crippen molar-refractivity contribution >= 4 is 18.0 Å². The number of rotatable bonds is 6. The number of hydrogen-bond donors (Lipinski definition) is 2. The normalized spacial score (nSPS) is 16.3. The zero-order valence-corrected chi connectivity index (χ0v) is 14.3. The average molecular weight is 340 g/mol. The Bertz CT molecular complexity index is 682. The Morgan fingerprint density at radius 3 is 2.84 bits per heavy atom. The van der Waals surface area contributed by atoms with Crippen LogP contribution in [0.2, 0.25) is 0 Å². The summed E-state index contributed by atoms with van der Waals surface area (Å²) in [5, 5.41) is 12.9. The lowest BCUT2D eigenvalue weighted by molar-refractivity contribution is -0.115. The monoisotopic (exact) mass is 340 g/mol. The molecule has 2 N–H and O–H groups in total. The van der Waals surface area contributed by atoms with Crippen LogP contribution in [0.3, 0.4) is 0 Å². The number of benzene rings is 1. The molecule has 0 saturated heterocycles. The molecule has 1 aromatic rings. The number of nitrogens with one attached hydrogen (secondary N) is 1. The van der Waals surface area contributed by atoms with Crippen LogP contribution in [0.1, 0.15) is 11.1 Å². The van der Waals surface area contributed by atoms with Crippen molar-refractivity contribution in [1.29, 1.82) is 0 Å². The molecule has 6 nitrogen and oxygen atoms in total. The van der Waals surface area contributed by atoms with Gasteiger partial charge in [-0.3, -0.25) is 9.69 Å². The summed E-state index contributed by atoms with van der Waals surface area (Å²) < 4.78 is 0. The predicted molar refractivity (Wildman–Crippen MR) is 101 cm³/mol. The molecule has 0 saturated carbocycles. The first kappa shape index (κ1) is 18.8. The van der Waals surface area contributed by atoms with Crippen molar-refractivity contribution in [3.63, 3.8) is 0 Å². The van der Waals surface area contributed by atoms with Gasteiger partial charge < -0.3 is 10.4 Å². The number of aliphatic hydroxyl groups is 1. The van der Waals surface area contributed by atoms with Gasteiger partial charge in [-0.1, -0.05) is 43.5 Å². The summed E-state index contributed by atoms with van der Waals surface area (Å²) >= 11 is 0. The topological polar surface area (TPSA) is 77.3 Å². The molecule has 1 aliphatic rings. The first-order valence-electron chi connectivity index (χ1n) is 8.23. The second kappa shape index (κ2) is 9.66. The van der Waals surface area contributed by atoms with E-state index in [1.54, 1.807) is 0 Å². The molecule has 1 amide bonds.